The van der Waals surface area contributed by atoms with Gasteiger partial charge in [0.1, 0.15) is 24.2 Å². The van der Waals surface area contributed by atoms with E-state index in [9.17, 15) is 18.8 Å². The van der Waals surface area contributed by atoms with E-state index in [4.69, 9.17) is 10.5 Å². The number of carbonyl (C=O) groups excluding carboxylic acids is 3. The van der Waals surface area contributed by atoms with Crippen molar-refractivity contribution in [2.24, 2.45) is 11.1 Å². The molecule has 198 valence electrons. The fourth-order valence-electron chi connectivity index (χ4n) is 5.00. The minimum atomic E-state index is -1.23. The number of nitrogens with two attached hydrogens (primary N) is 1. The Balaban J connectivity index is 1.58. The number of likely N-dealkylation sites (tertiary alicyclic amines) is 1. The number of amides is 3. The van der Waals surface area contributed by atoms with Crippen molar-refractivity contribution in [3.8, 4) is 5.75 Å². The summed E-state index contributed by atoms with van der Waals surface area (Å²) < 4.78 is 19.3. The van der Waals surface area contributed by atoms with E-state index in [-0.39, 0.29) is 36.8 Å². The molecule has 2 saturated heterocycles. The summed E-state index contributed by atoms with van der Waals surface area (Å²) >= 11 is 0. The topological polar surface area (TPSA) is 117 Å². The van der Waals surface area contributed by atoms with Crippen molar-refractivity contribution in [3.63, 3.8) is 0 Å². The second kappa shape index (κ2) is 10.5. The first-order valence-corrected chi connectivity index (χ1v) is 12.3. The van der Waals surface area contributed by atoms with Gasteiger partial charge in [-0.1, -0.05) is 36.4 Å². The van der Waals surface area contributed by atoms with E-state index < -0.39 is 28.7 Å². The Morgan fingerprint density at radius 1 is 1.24 bits per heavy atom. The Labute approximate surface area is 216 Å². The van der Waals surface area contributed by atoms with Crippen molar-refractivity contribution in [1.82, 2.24) is 20.7 Å². The van der Waals surface area contributed by atoms with E-state index in [0.29, 0.717) is 19.4 Å². The van der Waals surface area contributed by atoms with E-state index >= 15 is 0 Å². The number of ether oxygens (including phenoxy) is 1. The average molecular weight is 512 g/mol. The Morgan fingerprint density at radius 3 is 2.65 bits per heavy atom. The van der Waals surface area contributed by atoms with Gasteiger partial charge in [0.05, 0.1) is 11.0 Å². The van der Waals surface area contributed by atoms with Crippen LogP contribution in [0.2, 0.25) is 0 Å². The Kier molecular flexibility index (Phi) is 7.52. The molecule has 3 atom stereocenters. The maximum absolute atomic E-state index is 13.8. The molecule has 37 heavy (non-hydrogen) atoms. The number of fused-ring (bicyclic) bond motifs is 1. The molecule has 2 aliphatic rings. The quantitative estimate of drug-likeness (QED) is 0.491. The van der Waals surface area contributed by atoms with Crippen molar-refractivity contribution in [3.05, 3.63) is 66.0 Å². The van der Waals surface area contributed by atoms with Crippen LogP contribution in [-0.2, 0) is 20.8 Å². The van der Waals surface area contributed by atoms with Gasteiger partial charge in [-0.25, -0.2) is 9.82 Å². The molecule has 0 aliphatic carbocycles. The van der Waals surface area contributed by atoms with Gasteiger partial charge in [0.15, 0.2) is 0 Å². The second-order valence-electron chi connectivity index (χ2n) is 10.4. The summed E-state index contributed by atoms with van der Waals surface area (Å²) in [5.41, 5.74) is 8.13. The summed E-state index contributed by atoms with van der Waals surface area (Å²) in [5.74, 6) is -1.24. The molecule has 0 saturated carbocycles. The number of piperidine rings is 1. The SMILES string of the molecule is CN1NC2CCN(C(=O)[C@@H](COc3cccc(F)c3)NC(=O)C(C)(C)N)CC2(Cc2ccccc2)C1=O. The molecule has 4 N–H and O–H groups in total. The molecule has 9 nitrogen and oxygen atoms in total. The van der Waals surface area contributed by atoms with Crippen molar-refractivity contribution >= 4 is 17.7 Å². The van der Waals surface area contributed by atoms with E-state index in [2.05, 4.69) is 10.7 Å². The predicted molar refractivity (Wildman–Crippen MR) is 136 cm³/mol. The monoisotopic (exact) mass is 511 g/mol. The number of benzene rings is 2. The normalized spacial score (nSPS) is 22.4. The zero-order valence-electron chi connectivity index (χ0n) is 21.4. The van der Waals surface area contributed by atoms with Crippen molar-refractivity contribution in [2.75, 3.05) is 26.7 Å². The Bertz CT molecular complexity index is 1150. The van der Waals surface area contributed by atoms with E-state index in [0.717, 1.165) is 5.56 Å². The molecule has 2 fully saturated rings. The zero-order valence-corrected chi connectivity index (χ0v) is 21.4. The number of halogens is 1. The van der Waals surface area contributed by atoms with Gasteiger partial charge in [-0.05, 0) is 44.4 Å². The first-order valence-electron chi connectivity index (χ1n) is 12.3. The third kappa shape index (κ3) is 5.75. The van der Waals surface area contributed by atoms with Gasteiger partial charge in [-0.15, -0.1) is 0 Å². The molecule has 0 bridgehead atoms. The van der Waals surface area contributed by atoms with Gasteiger partial charge in [-0.2, -0.15) is 0 Å². The number of rotatable bonds is 8. The third-order valence-electron chi connectivity index (χ3n) is 6.98. The van der Waals surface area contributed by atoms with Crippen LogP contribution in [0.15, 0.2) is 54.6 Å². The van der Waals surface area contributed by atoms with Crippen LogP contribution in [0.4, 0.5) is 4.39 Å². The van der Waals surface area contributed by atoms with Crippen LogP contribution in [0.1, 0.15) is 25.8 Å². The highest BCUT2D eigenvalue weighted by Gasteiger charge is 2.56. The average Bonchev–Trinajstić information content (AvgIpc) is 3.10. The Morgan fingerprint density at radius 2 is 1.97 bits per heavy atom. The molecule has 2 unspecified atom stereocenters. The Hall–Kier alpha value is -3.50. The standard InChI is InChI=1S/C27H34FN5O4/c1-26(2,29)24(35)30-21(16-37-20-11-7-10-19(28)14-20)23(34)33-13-12-22-27(17-33,25(36)32(3)31-22)15-18-8-5-4-6-9-18/h4-11,14,21-22,31H,12-13,15-17,29H2,1-3H3,(H,30,35)/t21-,22?,27?/m1/s1. The number of hydrazine groups is 1. The highest BCUT2D eigenvalue weighted by molar-refractivity contribution is 5.92. The van der Waals surface area contributed by atoms with Gasteiger partial charge in [0.2, 0.25) is 17.7 Å². The molecule has 3 amide bonds. The molecular formula is C27H34FN5O4. The maximum atomic E-state index is 13.8. The summed E-state index contributed by atoms with van der Waals surface area (Å²) in [6, 6.07) is 14.0. The third-order valence-corrected chi connectivity index (χ3v) is 6.98. The maximum Gasteiger partial charge on any atom is 0.248 e. The summed E-state index contributed by atoms with van der Waals surface area (Å²) in [5, 5.41) is 4.20. The lowest BCUT2D eigenvalue weighted by molar-refractivity contribution is -0.145. The van der Waals surface area contributed by atoms with Gasteiger partial charge in [0, 0.05) is 32.2 Å². The number of hydrogen-bond acceptors (Lipinski definition) is 6. The lowest BCUT2D eigenvalue weighted by atomic mass is 9.72. The van der Waals surface area contributed by atoms with Gasteiger partial charge in [-0.3, -0.25) is 19.4 Å². The smallest absolute Gasteiger partial charge is 0.248 e. The molecule has 0 spiro atoms. The second-order valence-corrected chi connectivity index (χ2v) is 10.4. The molecule has 2 aromatic carbocycles. The number of nitrogens with zero attached hydrogens (tertiary/aromatic N) is 2. The predicted octanol–water partition coefficient (Wildman–Crippen LogP) is 1.23. The summed E-state index contributed by atoms with van der Waals surface area (Å²) in [7, 11) is 1.69. The van der Waals surface area contributed by atoms with Crippen LogP contribution in [-0.4, -0.2) is 72.0 Å². The van der Waals surface area contributed by atoms with Crippen molar-refractivity contribution in [2.45, 2.75) is 44.3 Å². The molecule has 0 radical (unpaired) electrons. The van der Waals surface area contributed by atoms with Crippen LogP contribution >= 0.6 is 0 Å². The van der Waals surface area contributed by atoms with Crippen LogP contribution in [0.5, 0.6) is 5.75 Å². The molecule has 2 aliphatic heterocycles. The lowest BCUT2D eigenvalue weighted by Crippen LogP contribution is -2.62. The fourth-order valence-corrected chi connectivity index (χ4v) is 5.00. The van der Waals surface area contributed by atoms with E-state index in [1.54, 1.807) is 18.0 Å². The summed E-state index contributed by atoms with van der Waals surface area (Å²) in [6.45, 7) is 3.43. The van der Waals surface area contributed by atoms with Crippen molar-refractivity contribution in [1.29, 1.82) is 0 Å². The minimum Gasteiger partial charge on any atom is -0.491 e. The fraction of sp³-hybridized carbons (Fsp3) is 0.444. The lowest BCUT2D eigenvalue weighted by Gasteiger charge is -2.43. The molecule has 4 rings (SSSR count). The summed E-state index contributed by atoms with van der Waals surface area (Å²) in [4.78, 5) is 41.6. The highest BCUT2D eigenvalue weighted by atomic mass is 19.1. The number of nitrogens with one attached hydrogen (secondary N) is 2. The van der Waals surface area contributed by atoms with Crippen LogP contribution in [0.3, 0.4) is 0 Å². The molecule has 2 heterocycles. The van der Waals surface area contributed by atoms with Gasteiger partial charge in [0.25, 0.3) is 0 Å². The summed E-state index contributed by atoms with van der Waals surface area (Å²) in [6.07, 6.45) is 1.02. The van der Waals surface area contributed by atoms with Gasteiger partial charge >= 0.3 is 0 Å². The molecule has 2 aromatic rings. The van der Waals surface area contributed by atoms with Crippen LogP contribution < -0.4 is 21.2 Å². The van der Waals surface area contributed by atoms with Gasteiger partial charge < -0.3 is 20.7 Å². The molecule has 10 heteroatoms. The van der Waals surface area contributed by atoms with E-state index in [1.807, 2.05) is 30.3 Å². The highest BCUT2D eigenvalue weighted by Crippen LogP contribution is 2.39. The molecular weight excluding hydrogens is 477 g/mol. The first-order chi connectivity index (χ1) is 17.5. The van der Waals surface area contributed by atoms with Crippen LogP contribution in [0, 0.1) is 11.2 Å². The van der Waals surface area contributed by atoms with Crippen LogP contribution in [0.25, 0.3) is 0 Å². The number of hydrogen-bond donors (Lipinski definition) is 3. The first kappa shape index (κ1) is 26.6. The van der Waals surface area contributed by atoms with E-state index in [1.165, 1.54) is 37.1 Å². The molecule has 0 aromatic heterocycles. The minimum absolute atomic E-state index is 0.0847. The largest absolute Gasteiger partial charge is 0.491 e. The van der Waals surface area contributed by atoms with Crippen molar-refractivity contribution < 1.29 is 23.5 Å². The number of carbonyl (C=O) groups is 3. The zero-order chi connectivity index (χ0) is 26.8.